The standard InChI is InChI=1S/C16H19F3N2O3/c1-11(9-12-3-5-13(6-4-12)16(17,18)19)20-14(22)10-21-7-2-8-24-15(21)23/h3-6,11H,2,7-10H2,1H3,(H,20,22). The zero-order chi connectivity index (χ0) is 17.7. The van der Waals surface area contributed by atoms with Crippen LogP contribution in [0.2, 0.25) is 0 Å². The maximum atomic E-state index is 12.5. The van der Waals surface area contributed by atoms with E-state index in [1.807, 2.05) is 0 Å². The number of amides is 2. The number of cyclic esters (lactones) is 1. The van der Waals surface area contributed by atoms with Crippen LogP contribution >= 0.6 is 0 Å². The van der Waals surface area contributed by atoms with Gasteiger partial charge in [0, 0.05) is 12.6 Å². The van der Waals surface area contributed by atoms with Gasteiger partial charge in [-0.05, 0) is 37.5 Å². The lowest BCUT2D eigenvalue weighted by Gasteiger charge is -2.26. The minimum absolute atomic E-state index is 0.0871. The highest BCUT2D eigenvalue weighted by Gasteiger charge is 2.30. The summed E-state index contributed by atoms with van der Waals surface area (Å²) in [5, 5.41) is 2.73. The molecule has 132 valence electrons. The first-order valence-electron chi connectivity index (χ1n) is 7.63. The molecule has 0 aromatic heterocycles. The second-order valence-corrected chi connectivity index (χ2v) is 5.76. The molecule has 1 aliphatic rings. The average Bonchev–Trinajstić information content (AvgIpc) is 2.49. The van der Waals surface area contributed by atoms with Gasteiger partial charge in [-0.2, -0.15) is 13.2 Å². The lowest BCUT2D eigenvalue weighted by atomic mass is 10.0. The second kappa shape index (κ2) is 7.55. The number of halogens is 3. The first-order chi connectivity index (χ1) is 11.3. The fourth-order valence-electron chi connectivity index (χ4n) is 2.47. The highest BCUT2D eigenvalue weighted by Crippen LogP contribution is 2.29. The second-order valence-electron chi connectivity index (χ2n) is 5.76. The molecule has 0 spiro atoms. The van der Waals surface area contributed by atoms with Crippen molar-refractivity contribution in [3.05, 3.63) is 35.4 Å². The van der Waals surface area contributed by atoms with Gasteiger partial charge in [-0.15, -0.1) is 0 Å². The highest BCUT2D eigenvalue weighted by atomic mass is 19.4. The Balaban J connectivity index is 1.82. The maximum Gasteiger partial charge on any atom is 0.416 e. The first-order valence-corrected chi connectivity index (χ1v) is 7.63. The molecule has 2 amide bonds. The Kier molecular flexibility index (Phi) is 5.69. The molecule has 0 bridgehead atoms. The molecule has 5 nitrogen and oxygen atoms in total. The molecule has 1 saturated heterocycles. The lowest BCUT2D eigenvalue weighted by molar-refractivity contribution is -0.137. The monoisotopic (exact) mass is 344 g/mol. The van der Waals surface area contributed by atoms with Crippen molar-refractivity contribution in [2.75, 3.05) is 19.7 Å². The summed E-state index contributed by atoms with van der Waals surface area (Å²) in [5.41, 5.74) is -0.0141. The van der Waals surface area contributed by atoms with Crippen molar-refractivity contribution in [1.82, 2.24) is 10.2 Å². The Morgan fingerprint density at radius 1 is 1.33 bits per heavy atom. The van der Waals surface area contributed by atoms with Crippen LogP contribution in [0.4, 0.5) is 18.0 Å². The number of carbonyl (C=O) groups excluding carboxylic acids is 2. The summed E-state index contributed by atoms with van der Waals surface area (Å²) in [4.78, 5) is 24.7. The van der Waals surface area contributed by atoms with Gasteiger partial charge in [-0.3, -0.25) is 9.69 Å². The van der Waals surface area contributed by atoms with Crippen LogP contribution in [0, 0.1) is 0 Å². The minimum atomic E-state index is -4.36. The SMILES string of the molecule is CC(Cc1ccc(C(F)(F)F)cc1)NC(=O)CN1CCCOC1=O. The number of rotatable bonds is 5. The third kappa shape index (κ3) is 5.14. The molecule has 1 aromatic rings. The van der Waals surface area contributed by atoms with Crippen LogP contribution in [0.25, 0.3) is 0 Å². The van der Waals surface area contributed by atoms with Gasteiger partial charge in [0.25, 0.3) is 0 Å². The van der Waals surface area contributed by atoms with Crippen molar-refractivity contribution < 1.29 is 27.5 Å². The molecule has 24 heavy (non-hydrogen) atoms. The van der Waals surface area contributed by atoms with Gasteiger partial charge in [0.15, 0.2) is 0 Å². The summed E-state index contributed by atoms with van der Waals surface area (Å²) in [6.45, 7) is 2.50. The maximum absolute atomic E-state index is 12.5. The summed E-state index contributed by atoms with van der Waals surface area (Å²) in [5.74, 6) is -0.326. The van der Waals surface area contributed by atoms with Crippen LogP contribution < -0.4 is 5.32 Å². The molecule has 2 rings (SSSR count). The van der Waals surface area contributed by atoms with Gasteiger partial charge in [0.1, 0.15) is 6.54 Å². The van der Waals surface area contributed by atoms with Crippen LogP contribution in [-0.4, -0.2) is 42.6 Å². The van der Waals surface area contributed by atoms with E-state index in [1.165, 1.54) is 17.0 Å². The van der Waals surface area contributed by atoms with E-state index in [4.69, 9.17) is 4.74 Å². The molecule has 0 radical (unpaired) electrons. The lowest BCUT2D eigenvalue weighted by Crippen LogP contribution is -2.46. The summed E-state index contributed by atoms with van der Waals surface area (Å²) in [7, 11) is 0. The number of alkyl halides is 3. The molecule has 1 N–H and O–H groups in total. The normalized spacial score (nSPS) is 16.5. The van der Waals surface area contributed by atoms with Crippen LogP contribution in [0.15, 0.2) is 24.3 Å². The topological polar surface area (TPSA) is 58.6 Å². The molecule has 0 aliphatic carbocycles. The van der Waals surface area contributed by atoms with Crippen molar-refractivity contribution >= 4 is 12.0 Å². The van der Waals surface area contributed by atoms with Gasteiger partial charge < -0.3 is 10.1 Å². The van der Waals surface area contributed by atoms with E-state index in [1.54, 1.807) is 6.92 Å². The van der Waals surface area contributed by atoms with Gasteiger partial charge in [-0.25, -0.2) is 4.79 Å². The molecule has 1 aliphatic heterocycles. The average molecular weight is 344 g/mol. The molecular formula is C16H19F3N2O3. The summed E-state index contributed by atoms with van der Waals surface area (Å²) in [6.07, 6.45) is -3.79. The number of hydrogen-bond acceptors (Lipinski definition) is 3. The van der Waals surface area contributed by atoms with E-state index < -0.39 is 17.8 Å². The van der Waals surface area contributed by atoms with Gasteiger partial charge in [0.05, 0.1) is 12.2 Å². The zero-order valence-electron chi connectivity index (χ0n) is 13.2. The number of nitrogens with one attached hydrogen (secondary N) is 1. The molecule has 1 aromatic carbocycles. The van der Waals surface area contributed by atoms with Crippen molar-refractivity contribution in [3.8, 4) is 0 Å². The minimum Gasteiger partial charge on any atom is -0.449 e. The van der Waals surface area contributed by atoms with E-state index in [2.05, 4.69) is 5.32 Å². The molecular weight excluding hydrogens is 325 g/mol. The summed E-state index contributed by atoms with van der Waals surface area (Å²) < 4.78 is 42.4. The van der Waals surface area contributed by atoms with Crippen molar-refractivity contribution in [1.29, 1.82) is 0 Å². The van der Waals surface area contributed by atoms with Crippen molar-refractivity contribution in [3.63, 3.8) is 0 Å². The molecule has 1 atom stereocenters. The van der Waals surface area contributed by atoms with Crippen molar-refractivity contribution in [2.45, 2.75) is 32.0 Å². The van der Waals surface area contributed by atoms with Crippen LogP contribution in [0.1, 0.15) is 24.5 Å². The number of hydrogen-bond donors (Lipinski definition) is 1. The number of ether oxygens (including phenoxy) is 1. The predicted octanol–water partition coefficient (Wildman–Crippen LogP) is 2.59. The Morgan fingerprint density at radius 2 is 2.00 bits per heavy atom. The summed E-state index contributed by atoms with van der Waals surface area (Å²) in [6, 6.07) is 4.57. The Bertz CT molecular complexity index is 587. The smallest absolute Gasteiger partial charge is 0.416 e. The van der Waals surface area contributed by atoms with E-state index in [0.717, 1.165) is 12.1 Å². The molecule has 8 heteroatoms. The van der Waals surface area contributed by atoms with Gasteiger partial charge in [0.2, 0.25) is 5.91 Å². The van der Waals surface area contributed by atoms with Gasteiger partial charge in [-0.1, -0.05) is 12.1 Å². The summed E-state index contributed by atoms with van der Waals surface area (Å²) >= 11 is 0. The molecule has 0 saturated carbocycles. The predicted molar refractivity (Wildman–Crippen MR) is 80.3 cm³/mol. The largest absolute Gasteiger partial charge is 0.449 e. The Morgan fingerprint density at radius 3 is 2.58 bits per heavy atom. The number of nitrogens with zero attached hydrogens (tertiary/aromatic N) is 1. The Hall–Kier alpha value is -2.25. The third-order valence-corrected chi connectivity index (χ3v) is 3.62. The van der Waals surface area contributed by atoms with E-state index in [9.17, 15) is 22.8 Å². The van der Waals surface area contributed by atoms with Gasteiger partial charge >= 0.3 is 12.3 Å². The number of carbonyl (C=O) groups is 2. The fourth-order valence-corrected chi connectivity index (χ4v) is 2.47. The molecule has 1 fully saturated rings. The molecule has 1 heterocycles. The first kappa shape index (κ1) is 18.1. The van der Waals surface area contributed by atoms with E-state index in [0.29, 0.717) is 31.6 Å². The molecule has 1 unspecified atom stereocenters. The van der Waals surface area contributed by atoms with Crippen molar-refractivity contribution in [2.24, 2.45) is 0 Å². The third-order valence-electron chi connectivity index (χ3n) is 3.62. The van der Waals surface area contributed by atoms with Crippen LogP contribution in [0.5, 0.6) is 0 Å². The fraction of sp³-hybridized carbons (Fsp3) is 0.500. The number of benzene rings is 1. The zero-order valence-corrected chi connectivity index (χ0v) is 13.2. The Labute approximate surface area is 137 Å². The van der Waals surface area contributed by atoms with E-state index in [-0.39, 0.29) is 18.5 Å². The van der Waals surface area contributed by atoms with E-state index >= 15 is 0 Å². The van der Waals surface area contributed by atoms with Crippen LogP contribution in [-0.2, 0) is 22.1 Å². The highest BCUT2D eigenvalue weighted by molar-refractivity contribution is 5.82. The van der Waals surface area contributed by atoms with Crippen LogP contribution in [0.3, 0.4) is 0 Å². The quantitative estimate of drug-likeness (QED) is 0.893.